The molecule has 0 bridgehead atoms. The van der Waals surface area contributed by atoms with Crippen molar-refractivity contribution in [1.29, 1.82) is 0 Å². The Morgan fingerprint density at radius 2 is 1.77 bits per heavy atom. The number of benzene rings is 1. The number of nitrogens with one attached hydrogen (secondary N) is 1. The number of hydrogen-bond acceptors (Lipinski definition) is 7. The van der Waals surface area contributed by atoms with Crippen LogP contribution in [0.4, 0.5) is 11.4 Å². The maximum Gasteiger partial charge on any atom is 0.293 e. The van der Waals surface area contributed by atoms with Crippen LogP contribution >= 0.6 is 0 Å². The zero-order chi connectivity index (χ0) is 21.7. The van der Waals surface area contributed by atoms with Gasteiger partial charge in [0.05, 0.1) is 9.82 Å². The number of hydrogen-bond donors (Lipinski definition) is 1. The summed E-state index contributed by atoms with van der Waals surface area (Å²) in [4.78, 5) is 15.9. The summed E-state index contributed by atoms with van der Waals surface area (Å²) in [5, 5.41) is 14.8. The minimum Gasteiger partial charge on any atom is -0.378 e. The SMILES string of the molecule is CCN1CCN(C(C)CNc2ccc(S(=O)(=O)N3CCCCC3)cc2[N+](=O)[O-])CC1. The van der Waals surface area contributed by atoms with Crippen molar-refractivity contribution < 1.29 is 13.3 Å². The number of anilines is 1. The average Bonchev–Trinajstić information content (AvgIpc) is 2.77. The zero-order valence-electron chi connectivity index (χ0n) is 17.9. The molecule has 0 amide bonds. The van der Waals surface area contributed by atoms with Gasteiger partial charge in [-0.1, -0.05) is 13.3 Å². The zero-order valence-corrected chi connectivity index (χ0v) is 18.7. The van der Waals surface area contributed by atoms with Crippen molar-refractivity contribution in [3.8, 4) is 0 Å². The molecule has 168 valence electrons. The van der Waals surface area contributed by atoms with E-state index in [0.29, 0.717) is 25.3 Å². The molecule has 2 aliphatic rings. The third-order valence-corrected chi connectivity index (χ3v) is 8.08. The fourth-order valence-electron chi connectivity index (χ4n) is 4.13. The maximum atomic E-state index is 12.9. The fraction of sp³-hybridized carbons (Fsp3) is 0.700. The van der Waals surface area contributed by atoms with Gasteiger partial charge in [0.25, 0.3) is 5.69 Å². The van der Waals surface area contributed by atoms with Crippen LogP contribution in [0.15, 0.2) is 23.1 Å². The summed E-state index contributed by atoms with van der Waals surface area (Å²) in [6.45, 7) is 10.8. The first-order chi connectivity index (χ1) is 14.3. The topological polar surface area (TPSA) is 99.0 Å². The Balaban J connectivity index is 1.69. The van der Waals surface area contributed by atoms with Gasteiger partial charge in [0.2, 0.25) is 10.0 Å². The number of nitrogens with zero attached hydrogens (tertiary/aromatic N) is 4. The molecular weight excluding hydrogens is 406 g/mol. The lowest BCUT2D eigenvalue weighted by molar-refractivity contribution is -0.384. The summed E-state index contributed by atoms with van der Waals surface area (Å²) in [5.74, 6) is 0. The van der Waals surface area contributed by atoms with Crippen molar-refractivity contribution in [3.05, 3.63) is 28.3 Å². The van der Waals surface area contributed by atoms with E-state index in [1.54, 1.807) is 0 Å². The van der Waals surface area contributed by atoms with Gasteiger partial charge in [-0.25, -0.2) is 8.42 Å². The highest BCUT2D eigenvalue weighted by molar-refractivity contribution is 7.89. The van der Waals surface area contributed by atoms with E-state index in [2.05, 4.69) is 29.0 Å². The van der Waals surface area contributed by atoms with Crippen LogP contribution in [-0.4, -0.2) is 85.8 Å². The second-order valence-electron chi connectivity index (χ2n) is 8.10. The van der Waals surface area contributed by atoms with Gasteiger partial charge in [0, 0.05) is 57.9 Å². The van der Waals surface area contributed by atoms with Crippen LogP contribution in [0.25, 0.3) is 0 Å². The van der Waals surface area contributed by atoms with Crippen LogP contribution in [0.5, 0.6) is 0 Å². The highest BCUT2D eigenvalue weighted by Crippen LogP contribution is 2.30. The molecule has 2 heterocycles. The summed E-state index contributed by atoms with van der Waals surface area (Å²) < 4.78 is 27.2. The Kier molecular flexibility index (Phi) is 7.67. The first kappa shape index (κ1) is 22.9. The smallest absolute Gasteiger partial charge is 0.293 e. The van der Waals surface area contributed by atoms with Gasteiger partial charge in [-0.3, -0.25) is 15.0 Å². The lowest BCUT2D eigenvalue weighted by Crippen LogP contribution is -2.51. The first-order valence-corrected chi connectivity index (χ1v) is 12.3. The minimum absolute atomic E-state index is 0.00890. The second-order valence-corrected chi connectivity index (χ2v) is 10.0. The van der Waals surface area contributed by atoms with Crippen molar-refractivity contribution in [3.63, 3.8) is 0 Å². The molecular formula is C20H33N5O4S. The van der Waals surface area contributed by atoms with E-state index in [4.69, 9.17) is 0 Å². The summed E-state index contributed by atoms with van der Waals surface area (Å²) in [7, 11) is -3.70. The molecule has 10 heteroatoms. The predicted octanol–water partition coefficient (Wildman–Crippen LogP) is 2.21. The van der Waals surface area contributed by atoms with Crippen LogP contribution in [0, 0.1) is 10.1 Å². The molecule has 3 rings (SSSR count). The van der Waals surface area contributed by atoms with Gasteiger partial charge in [0.1, 0.15) is 5.69 Å². The van der Waals surface area contributed by atoms with Gasteiger partial charge in [-0.05, 0) is 38.4 Å². The van der Waals surface area contributed by atoms with Gasteiger partial charge in [-0.15, -0.1) is 0 Å². The molecule has 1 aromatic rings. The maximum absolute atomic E-state index is 12.9. The number of piperidine rings is 1. The standard InChI is InChI=1S/C20H33N5O4S/c1-3-22-11-13-23(14-12-22)17(2)16-21-19-8-7-18(15-20(19)25(26)27)30(28,29)24-9-5-4-6-10-24/h7-8,15,17,21H,3-6,9-14,16H2,1-2H3. The fourth-order valence-corrected chi connectivity index (χ4v) is 5.67. The number of piperazine rings is 1. The van der Waals surface area contributed by atoms with E-state index >= 15 is 0 Å². The molecule has 0 radical (unpaired) electrons. The molecule has 0 saturated carbocycles. The third-order valence-electron chi connectivity index (χ3n) is 6.18. The average molecular weight is 440 g/mol. The summed E-state index contributed by atoms with van der Waals surface area (Å²) >= 11 is 0. The number of nitro groups is 1. The normalized spacial score (nSPS) is 20.7. The molecule has 0 aromatic heterocycles. The molecule has 2 fully saturated rings. The Hall–Kier alpha value is -1.75. The van der Waals surface area contributed by atoms with Gasteiger partial charge >= 0.3 is 0 Å². The van der Waals surface area contributed by atoms with Gasteiger partial charge in [0.15, 0.2) is 0 Å². The summed E-state index contributed by atoms with van der Waals surface area (Å²) in [6.07, 6.45) is 2.66. The molecule has 1 atom stereocenters. The van der Waals surface area contributed by atoms with Crippen LogP contribution < -0.4 is 5.32 Å². The Morgan fingerprint density at radius 3 is 2.37 bits per heavy atom. The molecule has 1 aromatic carbocycles. The van der Waals surface area contributed by atoms with E-state index in [9.17, 15) is 18.5 Å². The quantitative estimate of drug-likeness (QED) is 0.490. The van der Waals surface area contributed by atoms with Crippen LogP contribution in [0.1, 0.15) is 33.1 Å². The number of rotatable bonds is 8. The Bertz CT molecular complexity index is 834. The molecule has 1 N–H and O–H groups in total. The van der Waals surface area contributed by atoms with Crippen LogP contribution in [-0.2, 0) is 10.0 Å². The largest absolute Gasteiger partial charge is 0.378 e. The van der Waals surface area contributed by atoms with E-state index in [1.165, 1.54) is 22.5 Å². The Morgan fingerprint density at radius 1 is 1.10 bits per heavy atom. The van der Waals surface area contributed by atoms with Crippen molar-refractivity contribution in [2.75, 3.05) is 57.7 Å². The number of likely N-dealkylation sites (N-methyl/N-ethyl adjacent to an activating group) is 1. The van der Waals surface area contributed by atoms with Crippen molar-refractivity contribution in [2.24, 2.45) is 0 Å². The van der Waals surface area contributed by atoms with Crippen molar-refractivity contribution in [1.82, 2.24) is 14.1 Å². The number of sulfonamides is 1. The lowest BCUT2D eigenvalue weighted by atomic mass is 10.2. The highest BCUT2D eigenvalue weighted by atomic mass is 32.2. The van der Waals surface area contributed by atoms with Crippen LogP contribution in [0.3, 0.4) is 0 Å². The lowest BCUT2D eigenvalue weighted by Gasteiger charge is -2.37. The van der Waals surface area contributed by atoms with Gasteiger partial charge in [-0.2, -0.15) is 4.31 Å². The van der Waals surface area contributed by atoms with Crippen molar-refractivity contribution in [2.45, 2.75) is 44.0 Å². The van der Waals surface area contributed by atoms with E-state index in [0.717, 1.165) is 52.0 Å². The van der Waals surface area contributed by atoms with E-state index in [-0.39, 0.29) is 16.6 Å². The molecule has 0 aliphatic carbocycles. The Labute approximate surface area is 179 Å². The molecule has 30 heavy (non-hydrogen) atoms. The van der Waals surface area contributed by atoms with Gasteiger partial charge < -0.3 is 10.2 Å². The monoisotopic (exact) mass is 439 g/mol. The van der Waals surface area contributed by atoms with E-state index < -0.39 is 14.9 Å². The third kappa shape index (κ3) is 5.29. The molecule has 9 nitrogen and oxygen atoms in total. The summed E-state index contributed by atoms with van der Waals surface area (Å²) in [6, 6.07) is 4.41. The number of nitro benzene ring substituents is 1. The molecule has 2 saturated heterocycles. The van der Waals surface area contributed by atoms with Crippen LogP contribution in [0.2, 0.25) is 0 Å². The predicted molar refractivity (Wildman–Crippen MR) is 117 cm³/mol. The van der Waals surface area contributed by atoms with Crippen molar-refractivity contribution >= 4 is 21.4 Å². The minimum atomic E-state index is -3.70. The highest BCUT2D eigenvalue weighted by Gasteiger charge is 2.29. The first-order valence-electron chi connectivity index (χ1n) is 10.8. The molecule has 1 unspecified atom stereocenters. The molecule has 0 spiro atoms. The molecule has 2 aliphatic heterocycles. The second kappa shape index (κ2) is 10.0. The van der Waals surface area contributed by atoms with E-state index in [1.807, 2.05) is 0 Å². The summed E-state index contributed by atoms with van der Waals surface area (Å²) in [5.41, 5.74) is 0.160.